The normalized spacial score (nSPS) is 23.0. The van der Waals surface area contributed by atoms with E-state index in [1.807, 2.05) is 24.3 Å². The molecule has 1 aliphatic carbocycles. The van der Waals surface area contributed by atoms with Gasteiger partial charge in [0, 0.05) is 60.0 Å². The molecular formula is C54H74N14O10S2. The van der Waals surface area contributed by atoms with Crippen LogP contribution >= 0.6 is 21.6 Å². The Morgan fingerprint density at radius 2 is 1.48 bits per heavy atom. The third kappa shape index (κ3) is 17.7. The second kappa shape index (κ2) is 29.6. The van der Waals surface area contributed by atoms with Crippen LogP contribution in [0.2, 0.25) is 0 Å². The number of nitrogens with two attached hydrogens (primary N) is 4. The van der Waals surface area contributed by atoms with Crippen molar-refractivity contribution < 1.29 is 47.9 Å². The predicted octanol–water partition coefficient (Wildman–Crippen LogP) is -0.307. The van der Waals surface area contributed by atoms with E-state index < -0.39 is 125 Å². The minimum atomic E-state index is -1.67. The number of hydrogen-bond donors (Lipinski definition) is 12. The number of carbonyl (C=O) groups is 10. The number of rotatable bonds is 18. The average Bonchev–Trinajstić information content (AvgIpc) is 4.15. The first-order chi connectivity index (χ1) is 38.3. The number of amides is 10. The van der Waals surface area contributed by atoms with Crippen LogP contribution in [0.25, 0.3) is 10.9 Å². The van der Waals surface area contributed by atoms with E-state index in [2.05, 4.69) is 47.2 Å². The molecule has 3 heterocycles. The molecule has 24 nitrogen and oxygen atoms in total. The number of aromatic nitrogens is 1. The van der Waals surface area contributed by atoms with Gasteiger partial charge < -0.3 is 70.0 Å². The number of primary amides is 2. The Bertz CT molecular complexity index is 2790. The number of fused-ring (bicyclic) bond motifs is 1. The van der Waals surface area contributed by atoms with Crippen molar-refractivity contribution in [3.63, 3.8) is 0 Å². The Labute approximate surface area is 471 Å². The van der Waals surface area contributed by atoms with E-state index in [4.69, 9.17) is 22.9 Å². The second-order valence-electron chi connectivity index (χ2n) is 20.4. The van der Waals surface area contributed by atoms with Gasteiger partial charge in [0.15, 0.2) is 5.96 Å². The van der Waals surface area contributed by atoms with Gasteiger partial charge >= 0.3 is 0 Å². The van der Waals surface area contributed by atoms with Gasteiger partial charge in [-0.3, -0.25) is 52.9 Å². The maximum Gasteiger partial charge on any atom is 0.247 e. The standard InChI is InChI=1S/C54H74N14O10S2/c1-3-31(2)45-51(77)65-39(26-42(55)69)48(74)66-40(52(78)68-23-13-19-41(68)50(76)63-36(18-12-22-59-53(57)58)46(72)61-29-43(56)70)30-79-80-54(20-10-5-11-21-54)27-44(71)62-38(25-33-28-60-35-17-9-8-16-34(33)35)47(73)64-37(49(75)67-45)24-32-14-6-4-7-15-32/h4,6-9,13-17,19,28,31,36-41,45,60H,3,5,10-12,18,20-27,29-30H2,1-2H3,(H2,55,69)(H2,56,70)(H,61,72)(H,62,71)(H,63,76)(H,64,73)(H,65,77)(H,66,74)(H,67,75)(H4,57,58,59)/t31-,36-,37-,38?,39?,40-,41-,45-/m0/s1. The van der Waals surface area contributed by atoms with Gasteiger partial charge in [0.05, 0.1) is 13.0 Å². The van der Waals surface area contributed by atoms with Crippen LogP contribution in [0.4, 0.5) is 0 Å². The van der Waals surface area contributed by atoms with Gasteiger partial charge in [-0.25, -0.2) is 0 Å². The number of para-hydroxylation sites is 1. The molecule has 2 aliphatic heterocycles. The molecule has 16 N–H and O–H groups in total. The van der Waals surface area contributed by atoms with E-state index in [1.54, 1.807) is 56.5 Å². The van der Waals surface area contributed by atoms with Gasteiger partial charge in [-0.2, -0.15) is 0 Å². The van der Waals surface area contributed by atoms with Crippen LogP contribution in [0.1, 0.15) is 89.2 Å². The monoisotopic (exact) mass is 1140 g/mol. The summed E-state index contributed by atoms with van der Waals surface area (Å²) in [4.78, 5) is 148. The summed E-state index contributed by atoms with van der Waals surface area (Å²) in [5.41, 5.74) is 24.1. The first kappa shape index (κ1) is 61.6. The van der Waals surface area contributed by atoms with Crippen LogP contribution < -0.4 is 60.2 Å². The lowest BCUT2D eigenvalue weighted by atomic mass is 9.85. The predicted molar refractivity (Wildman–Crippen MR) is 304 cm³/mol. The van der Waals surface area contributed by atoms with Crippen LogP contribution in [-0.2, 0) is 60.8 Å². The Kier molecular flexibility index (Phi) is 22.8. The van der Waals surface area contributed by atoms with E-state index in [0.717, 1.165) is 35.7 Å². The maximum atomic E-state index is 15.0. The maximum absolute atomic E-state index is 15.0. The third-order valence-electron chi connectivity index (χ3n) is 14.4. The van der Waals surface area contributed by atoms with Crippen molar-refractivity contribution in [3.8, 4) is 0 Å². The molecular weight excluding hydrogens is 1070 g/mol. The molecule has 1 saturated heterocycles. The summed E-state index contributed by atoms with van der Waals surface area (Å²) in [5.74, 6) is -8.64. The van der Waals surface area contributed by atoms with Gasteiger partial charge in [0.1, 0.15) is 42.3 Å². The molecule has 2 fully saturated rings. The largest absolute Gasteiger partial charge is 0.370 e. The molecule has 432 valence electrons. The Hall–Kier alpha value is -7.61. The number of nitrogens with zero attached hydrogens (tertiary/aromatic N) is 2. The molecule has 1 spiro atoms. The molecule has 10 amide bonds. The number of guanidine groups is 1. The number of nitrogens with one attached hydrogen (secondary N) is 8. The lowest BCUT2D eigenvalue weighted by Gasteiger charge is -2.37. The molecule has 8 atom stereocenters. The summed E-state index contributed by atoms with van der Waals surface area (Å²) in [6.45, 7) is 2.97. The molecule has 1 aromatic heterocycles. The fourth-order valence-corrected chi connectivity index (χ4v) is 13.3. The van der Waals surface area contributed by atoms with Crippen molar-refractivity contribution in [1.29, 1.82) is 0 Å². The Morgan fingerprint density at radius 1 is 0.800 bits per heavy atom. The van der Waals surface area contributed by atoms with Gasteiger partial charge in [-0.15, -0.1) is 0 Å². The van der Waals surface area contributed by atoms with Crippen molar-refractivity contribution in [2.75, 3.05) is 25.4 Å². The number of aromatic amines is 1. The van der Waals surface area contributed by atoms with E-state index in [1.165, 1.54) is 32.6 Å². The topological polar surface area (TPSA) is 390 Å². The molecule has 0 bridgehead atoms. The zero-order valence-electron chi connectivity index (χ0n) is 45.0. The van der Waals surface area contributed by atoms with Crippen molar-refractivity contribution in [2.45, 2.75) is 138 Å². The molecule has 3 aliphatic rings. The minimum Gasteiger partial charge on any atom is -0.370 e. The van der Waals surface area contributed by atoms with Gasteiger partial charge in [0.2, 0.25) is 59.1 Å². The van der Waals surface area contributed by atoms with Crippen LogP contribution in [0, 0.1) is 5.92 Å². The average molecular weight is 1140 g/mol. The zero-order valence-corrected chi connectivity index (χ0v) is 46.6. The van der Waals surface area contributed by atoms with Gasteiger partial charge in [0.25, 0.3) is 0 Å². The highest BCUT2D eigenvalue weighted by molar-refractivity contribution is 8.77. The zero-order chi connectivity index (χ0) is 57.9. The first-order valence-corrected chi connectivity index (χ1v) is 29.2. The first-order valence-electron chi connectivity index (χ1n) is 26.8. The van der Waals surface area contributed by atoms with Crippen molar-refractivity contribution in [2.24, 2.45) is 33.8 Å². The molecule has 6 rings (SSSR count). The SMILES string of the molecule is CC[C@H](C)[C@@H]1NC(=O)[C@H](Cc2ccccc2)NC(=O)C(Cc2c[nH]c3ccccc23)NC(=O)CC2(CCCCC2)SSC[C@@H](C(=O)N2CC=C[C@H]2C(=O)N[C@@H](CCCN=C(N)N)C(=O)NCC(N)=O)NC(=O)C(CC(N)=O)NC1=O. The lowest BCUT2D eigenvalue weighted by molar-refractivity contribution is -0.141. The molecule has 2 aromatic carbocycles. The van der Waals surface area contributed by atoms with E-state index in [0.29, 0.717) is 24.8 Å². The third-order valence-corrected chi connectivity index (χ3v) is 17.7. The second-order valence-corrected chi connectivity index (χ2v) is 23.3. The molecule has 80 heavy (non-hydrogen) atoms. The van der Waals surface area contributed by atoms with Crippen LogP contribution in [0.15, 0.2) is 77.9 Å². The van der Waals surface area contributed by atoms with Gasteiger partial charge in [-0.05, 0) is 48.8 Å². The van der Waals surface area contributed by atoms with E-state index in [9.17, 15) is 47.9 Å². The number of H-pyrrole nitrogens is 1. The summed E-state index contributed by atoms with van der Waals surface area (Å²) in [7, 11) is 2.57. The summed E-state index contributed by atoms with van der Waals surface area (Å²) >= 11 is 0. The van der Waals surface area contributed by atoms with E-state index in [-0.39, 0.29) is 56.9 Å². The highest BCUT2D eigenvalue weighted by atomic mass is 33.1. The molecule has 26 heteroatoms. The highest BCUT2D eigenvalue weighted by Gasteiger charge is 2.42. The van der Waals surface area contributed by atoms with Crippen LogP contribution in [0.5, 0.6) is 0 Å². The summed E-state index contributed by atoms with van der Waals surface area (Å²) in [5, 5.41) is 19.9. The van der Waals surface area contributed by atoms with E-state index >= 15 is 0 Å². The number of benzene rings is 2. The lowest BCUT2D eigenvalue weighted by Crippen LogP contribution is -2.62. The highest BCUT2D eigenvalue weighted by Crippen LogP contribution is 2.48. The summed E-state index contributed by atoms with van der Waals surface area (Å²) < 4.78 is -0.723. The molecule has 1 saturated carbocycles. The Morgan fingerprint density at radius 3 is 2.17 bits per heavy atom. The smallest absolute Gasteiger partial charge is 0.247 e. The number of carbonyl (C=O) groups excluding carboxylic acids is 10. The fraction of sp³-hybridized carbons (Fsp3) is 0.500. The van der Waals surface area contributed by atoms with Crippen LogP contribution in [-0.4, -0.2) is 147 Å². The number of aliphatic imine (C=N–C) groups is 1. The molecule has 3 aromatic rings. The van der Waals surface area contributed by atoms with Gasteiger partial charge in [-0.1, -0.05) is 122 Å². The quantitative estimate of drug-likeness (QED) is 0.0256. The summed E-state index contributed by atoms with van der Waals surface area (Å²) in [6.07, 6.45) is 8.28. The molecule has 0 radical (unpaired) electrons. The Balaban J connectivity index is 1.36. The molecule has 2 unspecified atom stereocenters. The van der Waals surface area contributed by atoms with Crippen molar-refractivity contribution in [1.82, 2.24) is 47.1 Å². The summed E-state index contributed by atoms with van der Waals surface area (Å²) in [6, 6.07) is 7.03. The minimum absolute atomic E-state index is 0.0112. The van der Waals surface area contributed by atoms with Crippen molar-refractivity contribution in [3.05, 3.63) is 84.1 Å². The van der Waals surface area contributed by atoms with Crippen LogP contribution in [0.3, 0.4) is 0 Å². The van der Waals surface area contributed by atoms with Crippen molar-refractivity contribution >= 4 is 97.5 Å². The fourth-order valence-electron chi connectivity index (χ4n) is 9.89. The number of hydrogen-bond acceptors (Lipinski definition) is 13.